The van der Waals surface area contributed by atoms with Gasteiger partial charge in [0.1, 0.15) is 5.01 Å². The second-order valence-electron chi connectivity index (χ2n) is 3.75. The molecule has 0 radical (unpaired) electrons. The third-order valence-electron chi connectivity index (χ3n) is 2.58. The molecule has 0 unspecified atom stereocenters. The Labute approximate surface area is 110 Å². The maximum Gasteiger partial charge on any atom is 0.161 e. The molecule has 0 saturated carbocycles. The molecule has 0 saturated heterocycles. The largest absolute Gasteiger partial charge is 0.493 e. The van der Waals surface area contributed by atoms with Crippen LogP contribution in [0.5, 0.6) is 11.5 Å². The molecule has 2 rings (SSSR count). The quantitative estimate of drug-likeness (QED) is 0.900. The van der Waals surface area contributed by atoms with Gasteiger partial charge in [-0.2, -0.15) is 0 Å². The molecule has 1 heterocycles. The van der Waals surface area contributed by atoms with E-state index in [1.165, 1.54) is 0 Å². The highest BCUT2D eigenvalue weighted by atomic mass is 32.1. The first kappa shape index (κ1) is 12.9. The van der Waals surface area contributed by atoms with Crippen molar-refractivity contribution >= 4 is 11.3 Å². The molecule has 4 nitrogen and oxygen atoms in total. The molecule has 0 amide bonds. The van der Waals surface area contributed by atoms with Crippen LogP contribution >= 0.6 is 11.3 Å². The lowest BCUT2D eigenvalue weighted by molar-refractivity contribution is 0.355. The maximum atomic E-state index is 5.52. The first-order valence-electron chi connectivity index (χ1n) is 5.65. The highest BCUT2D eigenvalue weighted by molar-refractivity contribution is 7.13. The predicted molar refractivity (Wildman–Crippen MR) is 73.4 cm³/mol. The standard InChI is InChI=1S/C13H16N2O2S/c1-16-11-4-3-9(7-12(11)17-2)13-15-10(5-6-14)8-18-13/h3-4,7-8H,5-6,14H2,1-2H3. The number of nitrogens with two attached hydrogens (primary N) is 1. The van der Waals surface area contributed by atoms with Gasteiger partial charge in [0.05, 0.1) is 19.9 Å². The van der Waals surface area contributed by atoms with Crippen LogP contribution in [0.15, 0.2) is 23.6 Å². The van der Waals surface area contributed by atoms with Gasteiger partial charge in [0, 0.05) is 17.4 Å². The smallest absolute Gasteiger partial charge is 0.161 e. The van der Waals surface area contributed by atoms with Gasteiger partial charge in [0.15, 0.2) is 11.5 Å². The van der Waals surface area contributed by atoms with Crippen LogP contribution in [0.3, 0.4) is 0 Å². The van der Waals surface area contributed by atoms with Gasteiger partial charge in [-0.1, -0.05) is 0 Å². The number of aromatic nitrogens is 1. The third kappa shape index (κ3) is 2.63. The van der Waals surface area contributed by atoms with Gasteiger partial charge in [-0.25, -0.2) is 4.98 Å². The zero-order chi connectivity index (χ0) is 13.0. The van der Waals surface area contributed by atoms with Crippen molar-refractivity contribution in [3.05, 3.63) is 29.3 Å². The van der Waals surface area contributed by atoms with E-state index < -0.39 is 0 Å². The minimum atomic E-state index is 0.620. The molecular weight excluding hydrogens is 248 g/mol. The molecule has 1 aromatic heterocycles. The van der Waals surface area contributed by atoms with Crippen LogP contribution in [-0.2, 0) is 6.42 Å². The Kier molecular flexibility index (Phi) is 4.17. The lowest BCUT2D eigenvalue weighted by atomic mass is 10.2. The van der Waals surface area contributed by atoms with Gasteiger partial charge in [0.25, 0.3) is 0 Å². The monoisotopic (exact) mass is 264 g/mol. The van der Waals surface area contributed by atoms with Gasteiger partial charge in [-0.15, -0.1) is 11.3 Å². The van der Waals surface area contributed by atoms with Crippen LogP contribution < -0.4 is 15.2 Å². The summed E-state index contributed by atoms with van der Waals surface area (Å²) in [5, 5.41) is 3.01. The van der Waals surface area contributed by atoms with Crippen LogP contribution in [0.25, 0.3) is 10.6 Å². The lowest BCUT2D eigenvalue weighted by Gasteiger charge is -2.08. The fraction of sp³-hybridized carbons (Fsp3) is 0.308. The van der Waals surface area contributed by atoms with Crippen molar-refractivity contribution in [1.82, 2.24) is 4.98 Å². The van der Waals surface area contributed by atoms with Crippen molar-refractivity contribution < 1.29 is 9.47 Å². The summed E-state index contributed by atoms with van der Waals surface area (Å²) in [6.45, 7) is 0.620. The Balaban J connectivity index is 2.31. The number of hydrogen-bond acceptors (Lipinski definition) is 5. The summed E-state index contributed by atoms with van der Waals surface area (Å²) < 4.78 is 10.5. The van der Waals surface area contributed by atoms with E-state index in [1.54, 1.807) is 25.6 Å². The number of methoxy groups -OCH3 is 2. The number of thiazole rings is 1. The summed E-state index contributed by atoms with van der Waals surface area (Å²) >= 11 is 1.61. The molecule has 5 heteroatoms. The summed E-state index contributed by atoms with van der Waals surface area (Å²) in [6, 6.07) is 5.80. The van der Waals surface area contributed by atoms with E-state index in [9.17, 15) is 0 Å². The van der Waals surface area contributed by atoms with Gasteiger partial charge < -0.3 is 15.2 Å². The van der Waals surface area contributed by atoms with E-state index in [1.807, 2.05) is 23.6 Å². The molecule has 0 atom stereocenters. The minimum Gasteiger partial charge on any atom is -0.493 e. The molecule has 18 heavy (non-hydrogen) atoms. The average molecular weight is 264 g/mol. The summed E-state index contributed by atoms with van der Waals surface area (Å²) in [7, 11) is 3.25. The maximum absolute atomic E-state index is 5.52. The summed E-state index contributed by atoms with van der Waals surface area (Å²) in [5.74, 6) is 1.44. The van der Waals surface area contributed by atoms with Gasteiger partial charge in [0.2, 0.25) is 0 Å². The van der Waals surface area contributed by atoms with Crippen molar-refractivity contribution in [1.29, 1.82) is 0 Å². The van der Waals surface area contributed by atoms with Crippen LogP contribution in [0, 0.1) is 0 Å². The lowest BCUT2D eigenvalue weighted by Crippen LogP contribution is -2.02. The summed E-state index contributed by atoms with van der Waals surface area (Å²) in [5.41, 5.74) is 7.58. The van der Waals surface area contributed by atoms with Crippen molar-refractivity contribution in [3.8, 4) is 22.1 Å². The highest BCUT2D eigenvalue weighted by Gasteiger charge is 2.09. The molecular formula is C13H16N2O2S. The predicted octanol–water partition coefficient (Wildman–Crippen LogP) is 2.33. The molecule has 0 aliphatic heterocycles. The van der Waals surface area contributed by atoms with Gasteiger partial charge in [-0.05, 0) is 24.7 Å². The molecule has 2 aromatic rings. The topological polar surface area (TPSA) is 57.4 Å². The Morgan fingerprint density at radius 1 is 1.22 bits per heavy atom. The number of rotatable bonds is 5. The summed E-state index contributed by atoms with van der Waals surface area (Å²) in [6.07, 6.45) is 0.809. The first-order chi connectivity index (χ1) is 8.78. The van der Waals surface area contributed by atoms with Crippen molar-refractivity contribution in [3.63, 3.8) is 0 Å². The normalized spacial score (nSPS) is 10.4. The van der Waals surface area contributed by atoms with Gasteiger partial charge in [-0.3, -0.25) is 0 Å². The minimum absolute atomic E-state index is 0.620. The molecule has 0 spiro atoms. The summed E-state index contributed by atoms with van der Waals surface area (Å²) in [4.78, 5) is 4.54. The van der Waals surface area contributed by atoms with E-state index in [-0.39, 0.29) is 0 Å². The van der Waals surface area contributed by atoms with Crippen LogP contribution in [0.1, 0.15) is 5.69 Å². The van der Waals surface area contributed by atoms with Crippen molar-refractivity contribution in [2.75, 3.05) is 20.8 Å². The van der Waals surface area contributed by atoms with Crippen molar-refractivity contribution in [2.45, 2.75) is 6.42 Å². The SMILES string of the molecule is COc1ccc(-c2nc(CCN)cs2)cc1OC. The average Bonchev–Trinajstić information content (AvgIpc) is 2.87. The van der Waals surface area contributed by atoms with Crippen molar-refractivity contribution in [2.24, 2.45) is 5.73 Å². The van der Waals surface area contributed by atoms with E-state index in [0.717, 1.165) is 28.4 Å². The van der Waals surface area contributed by atoms with E-state index >= 15 is 0 Å². The second-order valence-corrected chi connectivity index (χ2v) is 4.61. The molecule has 1 aromatic carbocycles. The van der Waals surface area contributed by atoms with Crippen LogP contribution in [-0.4, -0.2) is 25.7 Å². The fourth-order valence-corrected chi connectivity index (χ4v) is 2.52. The highest BCUT2D eigenvalue weighted by Crippen LogP contribution is 2.33. The Bertz CT molecular complexity index is 525. The van der Waals surface area contributed by atoms with E-state index in [4.69, 9.17) is 15.2 Å². The van der Waals surface area contributed by atoms with E-state index in [2.05, 4.69) is 4.98 Å². The number of ether oxygens (including phenoxy) is 2. The second kappa shape index (κ2) is 5.84. The fourth-order valence-electron chi connectivity index (χ4n) is 1.67. The number of benzene rings is 1. The first-order valence-corrected chi connectivity index (χ1v) is 6.53. The molecule has 96 valence electrons. The third-order valence-corrected chi connectivity index (χ3v) is 3.52. The Morgan fingerprint density at radius 3 is 2.67 bits per heavy atom. The van der Waals surface area contributed by atoms with Crippen LogP contribution in [0.4, 0.5) is 0 Å². The Morgan fingerprint density at radius 2 is 2.00 bits per heavy atom. The number of nitrogens with zero attached hydrogens (tertiary/aromatic N) is 1. The van der Waals surface area contributed by atoms with Crippen LogP contribution in [0.2, 0.25) is 0 Å². The molecule has 0 fully saturated rings. The number of hydrogen-bond donors (Lipinski definition) is 1. The molecule has 0 aliphatic rings. The van der Waals surface area contributed by atoms with Gasteiger partial charge >= 0.3 is 0 Å². The zero-order valence-electron chi connectivity index (χ0n) is 10.5. The Hall–Kier alpha value is -1.59. The zero-order valence-corrected chi connectivity index (χ0v) is 11.3. The molecule has 0 bridgehead atoms. The molecule has 2 N–H and O–H groups in total. The molecule has 0 aliphatic carbocycles. The van der Waals surface area contributed by atoms with E-state index in [0.29, 0.717) is 12.3 Å².